The molecule has 88 valence electrons. The Morgan fingerprint density at radius 1 is 1.29 bits per heavy atom. The van der Waals surface area contributed by atoms with E-state index in [4.69, 9.17) is 0 Å². The van der Waals surface area contributed by atoms with Gasteiger partial charge in [0, 0.05) is 12.5 Å². The lowest BCUT2D eigenvalue weighted by Gasteiger charge is -2.26. The summed E-state index contributed by atoms with van der Waals surface area (Å²) in [6.45, 7) is 1.05. The van der Waals surface area contributed by atoms with E-state index in [1.165, 1.54) is 11.1 Å². The molecule has 2 heterocycles. The predicted octanol–water partition coefficient (Wildman–Crippen LogP) is 1.02. The molecular weight excluding hydrogens is 214 g/mol. The molecule has 0 saturated carbocycles. The average molecular weight is 229 g/mol. The molecule has 1 aromatic carbocycles. The fourth-order valence-corrected chi connectivity index (χ4v) is 2.41. The Morgan fingerprint density at radius 3 is 3.12 bits per heavy atom. The summed E-state index contributed by atoms with van der Waals surface area (Å²) >= 11 is 0. The summed E-state index contributed by atoms with van der Waals surface area (Å²) in [4.78, 5) is 0. The standard InChI is InChI=1S/C12H15N5/c1-2-4-10-9(3-1)7-8-13-11(10)5-6-12-14-16-17-15-12/h1-4,11,13H,5-8H2,(H,14,15,16,17). The number of hydrogen-bond donors (Lipinski definition) is 2. The van der Waals surface area contributed by atoms with Gasteiger partial charge in [-0.05, 0) is 30.5 Å². The number of nitrogens with zero attached hydrogens (tertiary/aromatic N) is 3. The van der Waals surface area contributed by atoms with Gasteiger partial charge in [-0.2, -0.15) is 5.21 Å². The Balaban J connectivity index is 1.72. The monoisotopic (exact) mass is 229 g/mol. The molecule has 5 heteroatoms. The van der Waals surface area contributed by atoms with Gasteiger partial charge in [0.05, 0.1) is 0 Å². The van der Waals surface area contributed by atoms with E-state index in [0.29, 0.717) is 6.04 Å². The highest BCUT2D eigenvalue weighted by Gasteiger charge is 2.19. The van der Waals surface area contributed by atoms with Crippen LogP contribution in [0.2, 0.25) is 0 Å². The van der Waals surface area contributed by atoms with Gasteiger partial charge in [0.25, 0.3) is 0 Å². The first kappa shape index (κ1) is 10.4. The molecule has 1 atom stereocenters. The quantitative estimate of drug-likeness (QED) is 0.824. The first-order chi connectivity index (χ1) is 8.43. The minimum atomic E-state index is 0.415. The Morgan fingerprint density at radius 2 is 2.24 bits per heavy atom. The molecule has 0 bridgehead atoms. The molecule has 2 N–H and O–H groups in total. The van der Waals surface area contributed by atoms with Gasteiger partial charge in [-0.25, -0.2) is 0 Å². The van der Waals surface area contributed by atoms with Crippen LogP contribution in [0, 0.1) is 0 Å². The second kappa shape index (κ2) is 4.63. The topological polar surface area (TPSA) is 66.5 Å². The van der Waals surface area contributed by atoms with Gasteiger partial charge in [-0.15, -0.1) is 10.2 Å². The van der Waals surface area contributed by atoms with Crippen molar-refractivity contribution in [3.63, 3.8) is 0 Å². The highest BCUT2D eigenvalue weighted by Crippen LogP contribution is 2.25. The van der Waals surface area contributed by atoms with Crippen molar-refractivity contribution in [3.8, 4) is 0 Å². The fraction of sp³-hybridized carbons (Fsp3) is 0.417. The molecule has 2 aromatic rings. The maximum atomic E-state index is 3.98. The Labute approximate surface area is 99.6 Å². The third-order valence-electron chi connectivity index (χ3n) is 3.26. The van der Waals surface area contributed by atoms with Crippen LogP contribution in [0.1, 0.15) is 29.4 Å². The van der Waals surface area contributed by atoms with Crippen molar-refractivity contribution in [1.29, 1.82) is 0 Å². The van der Waals surface area contributed by atoms with Gasteiger partial charge in [0.2, 0.25) is 0 Å². The highest BCUT2D eigenvalue weighted by molar-refractivity contribution is 5.32. The van der Waals surface area contributed by atoms with E-state index in [2.05, 4.69) is 50.2 Å². The van der Waals surface area contributed by atoms with Crippen LogP contribution < -0.4 is 5.32 Å². The molecule has 0 radical (unpaired) electrons. The molecule has 1 aliphatic heterocycles. The molecular formula is C12H15N5. The van der Waals surface area contributed by atoms with Crippen LogP contribution in [0.25, 0.3) is 0 Å². The number of tetrazole rings is 1. The average Bonchev–Trinajstić information content (AvgIpc) is 2.89. The number of aryl methyl sites for hydroxylation is 1. The van der Waals surface area contributed by atoms with E-state index in [-0.39, 0.29) is 0 Å². The van der Waals surface area contributed by atoms with Crippen molar-refractivity contribution in [3.05, 3.63) is 41.2 Å². The largest absolute Gasteiger partial charge is 0.310 e. The van der Waals surface area contributed by atoms with Crippen LogP contribution in [0.5, 0.6) is 0 Å². The number of H-pyrrole nitrogens is 1. The summed E-state index contributed by atoms with van der Waals surface area (Å²) in [5, 5.41) is 17.6. The maximum Gasteiger partial charge on any atom is 0.174 e. The zero-order valence-corrected chi connectivity index (χ0v) is 9.56. The summed E-state index contributed by atoms with van der Waals surface area (Å²) in [6.07, 6.45) is 2.98. The van der Waals surface area contributed by atoms with E-state index in [1.54, 1.807) is 0 Å². The molecule has 0 amide bonds. The third-order valence-corrected chi connectivity index (χ3v) is 3.26. The van der Waals surface area contributed by atoms with Gasteiger partial charge in [-0.3, -0.25) is 0 Å². The van der Waals surface area contributed by atoms with E-state index >= 15 is 0 Å². The number of nitrogens with one attached hydrogen (secondary N) is 2. The molecule has 1 aliphatic rings. The maximum absolute atomic E-state index is 3.98. The second-order valence-electron chi connectivity index (χ2n) is 4.32. The van der Waals surface area contributed by atoms with Crippen molar-refractivity contribution in [1.82, 2.24) is 25.9 Å². The lowest BCUT2D eigenvalue weighted by Crippen LogP contribution is -2.30. The molecule has 5 nitrogen and oxygen atoms in total. The van der Waals surface area contributed by atoms with Crippen molar-refractivity contribution < 1.29 is 0 Å². The van der Waals surface area contributed by atoms with Crippen LogP contribution in [0.3, 0.4) is 0 Å². The summed E-state index contributed by atoms with van der Waals surface area (Å²) in [7, 11) is 0. The molecule has 1 unspecified atom stereocenters. The van der Waals surface area contributed by atoms with Crippen LogP contribution in [0.15, 0.2) is 24.3 Å². The van der Waals surface area contributed by atoms with Gasteiger partial charge >= 0.3 is 0 Å². The van der Waals surface area contributed by atoms with E-state index in [1.807, 2.05) is 0 Å². The SMILES string of the molecule is c1ccc2c(c1)CCNC2CCc1nn[nH]n1. The normalized spacial score (nSPS) is 18.9. The smallest absolute Gasteiger partial charge is 0.174 e. The number of fused-ring (bicyclic) bond motifs is 1. The minimum absolute atomic E-state index is 0.415. The van der Waals surface area contributed by atoms with Crippen molar-refractivity contribution in [2.45, 2.75) is 25.3 Å². The van der Waals surface area contributed by atoms with Crippen molar-refractivity contribution in [2.75, 3.05) is 6.54 Å². The fourth-order valence-electron chi connectivity index (χ4n) is 2.41. The molecule has 0 aliphatic carbocycles. The van der Waals surface area contributed by atoms with Crippen LogP contribution in [0.4, 0.5) is 0 Å². The number of aromatic nitrogens is 4. The minimum Gasteiger partial charge on any atom is -0.310 e. The molecule has 1 aromatic heterocycles. The summed E-state index contributed by atoms with van der Waals surface area (Å²) < 4.78 is 0. The predicted molar refractivity (Wildman–Crippen MR) is 63.4 cm³/mol. The first-order valence-electron chi connectivity index (χ1n) is 5.97. The van der Waals surface area contributed by atoms with Crippen molar-refractivity contribution >= 4 is 0 Å². The Kier molecular flexibility index (Phi) is 2.83. The van der Waals surface area contributed by atoms with Gasteiger partial charge in [-0.1, -0.05) is 29.5 Å². The summed E-state index contributed by atoms with van der Waals surface area (Å²) in [5.74, 6) is 0.787. The number of rotatable bonds is 3. The lowest BCUT2D eigenvalue weighted by atomic mass is 9.92. The summed E-state index contributed by atoms with van der Waals surface area (Å²) in [6, 6.07) is 9.06. The molecule has 0 spiro atoms. The lowest BCUT2D eigenvalue weighted by molar-refractivity contribution is 0.471. The van der Waals surface area contributed by atoms with Gasteiger partial charge in [0.15, 0.2) is 5.82 Å². The first-order valence-corrected chi connectivity index (χ1v) is 5.97. The van der Waals surface area contributed by atoms with Crippen LogP contribution in [-0.2, 0) is 12.8 Å². The zero-order valence-electron chi connectivity index (χ0n) is 9.56. The van der Waals surface area contributed by atoms with Gasteiger partial charge in [0.1, 0.15) is 0 Å². The van der Waals surface area contributed by atoms with E-state index in [9.17, 15) is 0 Å². The molecule has 17 heavy (non-hydrogen) atoms. The molecule has 0 fully saturated rings. The Bertz CT molecular complexity index is 479. The zero-order chi connectivity index (χ0) is 11.5. The second-order valence-corrected chi connectivity index (χ2v) is 4.32. The van der Waals surface area contributed by atoms with E-state index < -0.39 is 0 Å². The van der Waals surface area contributed by atoms with Crippen LogP contribution in [-0.4, -0.2) is 27.2 Å². The number of aromatic amines is 1. The van der Waals surface area contributed by atoms with E-state index in [0.717, 1.165) is 31.6 Å². The van der Waals surface area contributed by atoms with Crippen molar-refractivity contribution in [2.24, 2.45) is 0 Å². The third kappa shape index (κ3) is 2.19. The number of benzene rings is 1. The summed E-state index contributed by atoms with van der Waals surface area (Å²) in [5.41, 5.74) is 2.88. The number of hydrogen-bond acceptors (Lipinski definition) is 4. The van der Waals surface area contributed by atoms with Gasteiger partial charge < -0.3 is 5.32 Å². The molecule has 0 saturated heterocycles. The van der Waals surface area contributed by atoms with Crippen LogP contribution >= 0.6 is 0 Å². The molecule has 3 rings (SSSR count). The highest BCUT2D eigenvalue weighted by atomic mass is 15.5. The Hall–Kier alpha value is -1.75.